The zero-order chi connectivity index (χ0) is 25.6. The summed E-state index contributed by atoms with van der Waals surface area (Å²) in [6.07, 6.45) is 5.21. The SMILES string of the molecule is C[C@@H]1OCC2(CCN(c3ncc(C4(c5ccccc5)CC4)nc3CO)CC2)[C@@H]1NC(=O)OC(C)(C)C. The number of nitrogens with one attached hydrogen (secondary N) is 1. The molecule has 8 heteroatoms. The van der Waals surface area contributed by atoms with E-state index in [0.29, 0.717) is 12.3 Å². The van der Waals surface area contributed by atoms with Crippen molar-refractivity contribution < 1.29 is 19.4 Å². The summed E-state index contributed by atoms with van der Waals surface area (Å²) in [5.74, 6) is 0.753. The van der Waals surface area contributed by atoms with E-state index in [9.17, 15) is 9.90 Å². The fraction of sp³-hybridized carbons (Fsp3) is 0.607. The number of piperidine rings is 1. The molecule has 0 radical (unpaired) electrons. The van der Waals surface area contributed by atoms with Crippen LogP contribution in [0.15, 0.2) is 36.5 Å². The Balaban J connectivity index is 1.30. The largest absolute Gasteiger partial charge is 0.444 e. The van der Waals surface area contributed by atoms with Crippen molar-refractivity contribution in [3.63, 3.8) is 0 Å². The highest BCUT2D eigenvalue weighted by Gasteiger charge is 2.51. The molecule has 2 aliphatic heterocycles. The molecule has 0 unspecified atom stereocenters. The number of alkyl carbamates (subject to hydrolysis) is 1. The first kappa shape index (κ1) is 25.0. The number of aromatic nitrogens is 2. The smallest absolute Gasteiger partial charge is 0.407 e. The molecular formula is C28H38N4O4. The lowest BCUT2D eigenvalue weighted by Crippen LogP contribution is -2.55. The van der Waals surface area contributed by atoms with E-state index in [0.717, 1.165) is 50.3 Å². The van der Waals surface area contributed by atoms with Gasteiger partial charge in [-0.3, -0.25) is 0 Å². The number of benzene rings is 1. The summed E-state index contributed by atoms with van der Waals surface area (Å²) in [5.41, 5.74) is 2.05. The van der Waals surface area contributed by atoms with Crippen molar-refractivity contribution in [2.45, 2.75) is 83.1 Å². The lowest BCUT2D eigenvalue weighted by molar-refractivity contribution is 0.0434. The molecule has 8 nitrogen and oxygen atoms in total. The van der Waals surface area contributed by atoms with Gasteiger partial charge in [-0.05, 0) is 58.9 Å². The van der Waals surface area contributed by atoms with Gasteiger partial charge in [-0.2, -0.15) is 0 Å². The van der Waals surface area contributed by atoms with Crippen molar-refractivity contribution >= 4 is 11.9 Å². The Kier molecular flexibility index (Phi) is 6.45. The van der Waals surface area contributed by atoms with Crippen molar-refractivity contribution in [3.05, 3.63) is 53.5 Å². The van der Waals surface area contributed by atoms with Crippen LogP contribution in [0, 0.1) is 5.41 Å². The van der Waals surface area contributed by atoms with E-state index in [-0.39, 0.29) is 29.6 Å². The van der Waals surface area contributed by atoms with Crippen molar-refractivity contribution in [1.29, 1.82) is 0 Å². The number of aliphatic hydroxyl groups is 1. The molecule has 194 valence electrons. The highest BCUT2D eigenvalue weighted by molar-refractivity contribution is 5.68. The molecule has 5 rings (SSSR count). The molecule has 2 aromatic rings. The second-order valence-electron chi connectivity index (χ2n) is 11.6. The minimum absolute atomic E-state index is 0.0798. The lowest BCUT2D eigenvalue weighted by atomic mass is 9.73. The zero-order valence-electron chi connectivity index (χ0n) is 21.8. The van der Waals surface area contributed by atoms with Crippen LogP contribution in [-0.2, 0) is 21.5 Å². The predicted molar refractivity (Wildman–Crippen MR) is 137 cm³/mol. The highest BCUT2D eigenvalue weighted by Crippen LogP contribution is 2.53. The van der Waals surface area contributed by atoms with Crippen LogP contribution in [0.5, 0.6) is 0 Å². The maximum absolute atomic E-state index is 12.5. The molecule has 3 fully saturated rings. The fourth-order valence-corrected chi connectivity index (χ4v) is 5.90. The van der Waals surface area contributed by atoms with E-state index in [1.54, 1.807) is 0 Å². The van der Waals surface area contributed by atoms with E-state index in [4.69, 9.17) is 19.4 Å². The van der Waals surface area contributed by atoms with Crippen molar-refractivity contribution in [2.24, 2.45) is 5.41 Å². The van der Waals surface area contributed by atoms with Gasteiger partial charge in [-0.1, -0.05) is 30.3 Å². The monoisotopic (exact) mass is 494 g/mol. The minimum atomic E-state index is -0.547. The Morgan fingerprint density at radius 3 is 2.50 bits per heavy atom. The highest BCUT2D eigenvalue weighted by atomic mass is 16.6. The maximum atomic E-state index is 12.5. The van der Waals surface area contributed by atoms with Crippen molar-refractivity contribution in [1.82, 2.24) is 15.3 Å². The molecule has 36 heavy (non-hydrogen) atoms. The predicted octanol–water partition coefficient (Wildman–Crippen LogP) is 3.95. The summed E-state index contributed by atoms with van der Waals surface area (Å²) in [4.78, 5) is 24.5. The molecule has 1 spiro atoms. The Morgan fingerprint density at radius 1 is 1.19 bits per heavy atom. The molecule has 3 aliphatic rings. The molecule has 1 aromatic heterocycles. The molecule has 1 aromatic carbocycles. The van der Waals surface area contributed by atoms with Gasteiger partial charge in [0.1, 0.15) is 11.3 Å². The van der Waals surface area contributed by atoms with Crippen LogP contribution >= 0.6 is 0 Å². The number of rotatable bonds is 5. The van der Waals surface area contributed by atoms with Crippen LogP contribution < -0.4 is 10.2 Å². The van der Waals surface area contributed by atoms with E-state index < -0.39 is 11.7 Å². The second kappa shape index (κ2) is 9.30. The zero-order valence-corrected chi connectivity index (χ0v) is 21.8. The van der Waals surface area contributed by atoms with Gasteiger partial charge in [-0.15, -0.1) is 0 Å². The molecule has 3 heterocycles. The number of amides is 1. The van der Waals surface area contributed by atoms with Crippen LogP contribution in [0.3, 0.4) is 0 Å². The molecular weight excluding hydrogens is 456 g/mol. The van der Waals surface area contributed by atoms with E-state index in [1.807, 2.05) is 40.0 Å². The van der Waals surface area contributed by atoms with E-state index in [2.05, 4.69) is 34.5 Å². The third-order valence-corrected chi connectivity index (χ3v) is 8.03. The van der Waals surface area contributed by atoms with Gasteiger partial charge < -0.3 is 24.8 Å². The van der Waals surface area contributed by atoms with Gasteiger partial charge in [0.25, 0.3) is 0 Å². The third-order valence-electron chi connectivity index (χ3n) is 8.03. The van der Waals surface area contributed by atoms with Crippen molar-refractivity contribution in [2.75, 3.05) is 24.6 Å². The standard InChI is InChI=1S/C28H38N4O4/c1-19-23(31-25(34)36-26(2,3)4)27(18-35-19)12-14-32(15-13-27)24-21(17-33)30-22(16-29-24)28(10-11-28)20-8-6-5-7-9-20/h5-9,16,19,23,33H,10-15,17-18H2,1-4H3,(H,31,34)/t19-,23+/m0/s1. The topological polar surface area (TPSA) is 96.8 Å². The molecule has 2 atom stereocenters. The number of carbonyl (C=O) groups is 1. The number of hydrogen-bond donors (Lipinski definition) is 2. The summed E-state index contributed by atoms with van der Waals surface area (Å²) < 4.78 is 11.5. The normalized spacial score (nSPS) is 24.5. The van der Waals surface area contributed by atoms with Crippen LogP contribution in [0.25, 0.3) is 0 Å². The van der Waals surface area contributed by atoms with Crippen LogP contribution in [0.2, 0.25) is 0 Å². The fourth-order valence-electron chi connectivity index (χ4n) is 5.90. The lowest BCUT2D eigenvalue weighted by Gasteiger charge is -2.43. The van der Waals surface area contributed by atoms with E-state index >= 15 is 0 Å². The molecule has 1 amide bonds. The molecule has 2 saturated heterocycles. The van der Waals surface area contributed by atoms with Gasteiger partial charge in [0.2, 0.25) is 0 Å². The first-order valence-electron chi connectivity index (χ1n) is 13.0. The van der Waals surface area contributed by atoms with E-state index in [1.165, 1.54) is 5.56 Å². The van der Waals surface area contributed by atoms with Crippen LogP contribution in [0.4, 0.5) is 10.6 Å². The number of carbonyl (C=O) groups excluding carboxylic acids is 1. The Morgan fingerprint density at radius 2 is 1.89 bits per heavy atom. The van der Waals surface area contributed by atoms with Gasteiger partial charge in [-0.25, -0.2) is 14.8 Å². The average molecular weight is 495 g/mol. The van der Waals surface area contributed by atoms with Gasteiger partial charge in [0.05, 0.1) is 37.3 Å². The summed E-state index contributed by atoms with van der Waals surface area (Å²) in [6, 6.07) is 10.3. The number of anilines is 1. The molecule has 2 N–H and O–H groups in total. The second-order valence-corrected chi connectivity index (χ2v) is 11.6. The van der Waals surface area contributed by atoms with Gasteiger partial charge in [0, 0.05) is 23.9 Å². The molecule has 1 aliphatic carbocycles. The number of nitrogens with zero attached hydrogens (tertiary/aromatic N) is 3. The quantitative estimate of drug-likeness (QED) is 0.650. The molecule has 0 bridgehead atoms. The van der Waals surface area contributed by atoms with Crippen LogP contribution in [0.1, 0.15) is 70.3 Å². The van der Waals surface area contributed by atoms with Gasteiger partial charge >= 0.3 is 6.09 Å². The Hall–Kier alpha value is -2.71. The maximum Gasteiger partial charge on any atom is 0.407 e. The first-order valence-corrected chi connectivity index (χ1v) is 13.0. The first-order chi connectivity index (χ1) is 17.2. The molecule has 1 saturated carbocycles. The number of aliphatic hydroxyl groups excluding tert-OH is 1. The summed E-state index contributed by atoms with van der Waals surface area (Å²) in [5, 5.41) is 13.3. The minimum Gasteiger partial charge on any atom is -0.444 e. The summed E-state index contributed by atoms with van der Waals surface area (Å²) in [7, 11) is 0. The Bertz CT molecular complexity index is 1090. The van der Waals surface area contributed by atoms with Crippen molar-refractivity contribution in [3.8, 4) is 0 Å². The number of hydrogen-bond acceptors (Lipinski definition) is 7. The average Bonchev–Trinajstić information content (AvgIpc) is 3.62. The van der Waals surface area contributed by atoms with Gasteiger partial charge in [0.15, 0.2) is 5.82 Å². The summed E-state index contributed by atoms with van der Waals surface area (Å²) in [6.45, 7) is 9.59. The summed E-state index contributed by atoms with van der Waals surface area (Å²) >= 11 is 0. The Labute approximate surface area is 213 Å². The number of ether oxygens (including phenoxy) is 2. The van der Waals surface area contributed by atoms with Crippen LogP contribution in [-0.4, -0.2) is 58.6 Å². The third kappa shape index (κ3) is 4.68.